The standard InChI is InChI=1S/C17H19N3O2/c1-14-6-2-3-7-17(14)22-13-16(21)12-20-11-15(10-18-20)19-8-4-5-9-19/h2-11,16,21H,12-13H2,1H3. The van der Waals surface area contributed by atoms with Crippen LogP contribution in [0.5, 0.6) is 5.75 Å². The first-order valence-electron chi connectivity index (χ1n) is 7.24. The molecule has 0 aliphatic heterocycles. The van der Waals surface area contributed by atoms with Crippen LogP contribution >= 0.6 is 0 Å². The van der Waals surface area contributed by atoms with Gasteiger partial charge in [-0.2, -0.15) is 5.10 Å². The van der Waals surface area contributed by atoms with Gasteiger partial charge in [-0.25, -0.2) is 0 Å². The summed E-state index contributed by atoms with van der Waals surface area (Å²) in [7, 11) is 0. The molecule has 1 unspecified atom stereocenters. The number of aliphatic hydroxyl groups is 1. The number of nitrogens with zero attached hydrogens (tertiary/aromatic N) is 3. The van der Waals surface area contributed by atoms with Gasteiger partial charge in [-0.1, -0.05) is 18.2 Å². The van der Waals surface area contributed by atoms with E-state index in [1.807, 2.05) is 66.5 Å². The maximum atomic E-state index is 10.1. The minimum absolute atomic E-state index is 0.240. The summed E-state index contributed by atoms with van der Waals surface area (Å²) in [5, 5.41) is 14.4. The van der Waals surface area contributed by atoms with E-state index in [0.717, 1.165) is 17.0 Å². The molecule has 0 aliphatic rings. The van der Waals surface area contributed by atoms with Crippen LogP contribution in [0.15, 0.2) is 61.2 Å². The van der Waals surface area contributed by atoms with Crippen LogP contribution in [-0.2, 0) is 6.54 Å². The second-order valence-corrected chi connectivity index (χ2v) is 5.24. The van der Waals surface area contributed by atoms with E-state index in [1.165, 1.54) is 0 Å². The minimum atomic E-state index is -0.614. The van der Waals surface area contributed by atoms with Gasteiger partial charge in [-0.15, -0.1) is 0 Å². The van der Waals surface area contributed by atoms with E-state index in [9.17, 15) is 5.11 Å². The van der Waals surface area contributed by atoms with Crippen LogP contribution in [0.3, 0.4) is 0 Å². The molecule has 3 rings (SSSR count). The van der Waals surface area contributed by atoms with Crippen LogP contribution < -0.4 is 4.74 Å². The Bertz CT molecular complexity index is 719. The second kappa shape index (κ2) is 6.49. The van der Waals surface area contributed by atoms with Crippen LogP contribution in [0.25, 0.3) is 5.69 Å². The summed E-state index contributed by atoms with van der Waals surface area (Å²) in [6, 6.07) is 11.7. The highest BCUT2D eigenvalue weighted by atomic mass is 16.5. The zero-order valence-electron chi connectivity index (χ0n) is 12.5. The fraction of sp³-hybridized carbons (Fsp3) is 0.235. The zero-order valence-corrected chi connectivity index (χ0v) is 12.5. The third-order valence-electron chi connectivity index (χ3n) is 3.44. The molecule has 0 saturated heterocycles. The van der Waals surface area contributed by atoms with Gasteiger partial charge in [0, 0.05) is 18.6 Å². The van der Waals surface area contributed by atoms with Gasteiger partial charge in [0.05, 0.1) is 18.4 Å². The number of aryl methyl sites for hydroxylation is 1. The molecule has 2 aromatic heterocycles. The van der Waals surface area contributed by atoms with Gasteiger partial charge in [-0.3, -0.25) is 4.68 Å². The van der Waals surface area contributed by atoms with E-state index in [1.54, 1.807) is 10.9 Å². The van der Waals surface area contributed by atoms with Crippen molar-refractivity contribution in [3.05, 3.63) is 66.7 Å². The van der Waals surface area contributed by atoms with Crippen molar-refractivity contribution in [3.63, 3.8) is 0 Å². The molecule has 0 amide bonds. The number of benzene rings is 1. The third kappa shape index (κ3) is 3.38. The number of aliphatic hydroxyl groups excluding tert-OH is 1. The van der Waals surface area contributed by atoms with Gasteiger partial charge in [0.1, 0.15) is 18.5 Å². The van der Waals surface area contributed by atoms with Crippen LogP contribution in [0, 0.1) is 6.92 Å². The predicted octanol–water partition coefficient (Wildman–Crippen LogP) is 2.42. The van der Waals surface area contributed by atoms with Crippen molar-refractivity contribution in [1.82, 2.24) is 14.3 Å². The first-order valence-corrected chi connectivity index (χ1v) is 7.24. The summed E-state index contributed by atoms with van der Waals surface area (Å²) in [4.78, 5) is 0. The van der Waals surface area contributed by atoms with Gasteiger partial charge in [0.15, 0.2) is 0 Å². The van der Waals surface area contributed by atoms with Crippen LogP contribution in [0.2, 0.25) is 0 Å². The number of aromatic nitrogens is 3. The molecule has 22 heavy (non-hydrogen) atoms. The van der Waals surface area contributed by atoms with Crippen LogP contribution in [-0.4, -0.2) is 32.2 Å². The van der Waals surface area contributed by atoms with Gasteiger partial charge in [0.2, 0.25) is 0 Å². The first kappa shape index (κ1) is 14.4. The first-order chi connectivity index (χ1) is 10.7. The van der Waals surface area contributed by atoms with Gasteiger partial charge >= 0.3 is 0 Å². The smallest absolute Gasteiger partial charge is 0.122 e. The van der Waals surface area contributed by atoms with Crippen molar-refractivity contribution >= 4 is 0 Å². The molecule has 0 bridgehead atoms. The Morgan fingerprint density at radius 1 is 1.18 bits per heavy atom. The van der Waals surface area contributed by atoms with Crippen molar-refractivity contribution < 1.29 is 9.84 Å². The molecule has 5 heteroatoms. The summed E-state index contributed by atoms with van der Waals surface area (Å²) in [6.07, 6.45) is 6.97. The van der Waals surface area contributed by atoms with Crippen molar-refractivity contribution in [2.24, 2.45) is 0 Å². The summed E-state index contributed by atoms with van der Waals surface area (Å²) >= 11 is 0. The van der Waals surface area contributed by atoms with Crippen molar-refractivity contribution in [3.8, 4) is 11.4 Å². The van der Waals surface area contributed by atoms with Gasteiger partial charge in [0.25, 0.3) is 0 Å². The number of hydrogen-bond acceptors (Lipinski definition) is 3. The summed E-state index contributed by atoms with van der Waals surface area (Å²) in [5.41, 5.74) is 2.03. The fourth-order valence-corrected chi connectivity index (χ4v) is 2.27. The van der Waals surface area contributed by atoms with Crippen LogP contribution in [0.4, 0.5) is 0 Å². The Morgan fingerprint density at radius 3 is 2.73 bits per heavy atom. The predicted molar refractivity (Wildman–Crippen MR) is 84.2 cm³/mol. The lowest BCUT2D eigenvalue weighted by Crippen LogP contribution is -2.24. The normalized spacial score (nSPS) is 12.3. The largest absolute Gasteiger partial charge is 0.491 e. The average molecular weight is 297 g/mol. The number of ether oxygens (including phenoxy) is 1. The monoisotopic (exact) mass is 297 g/mol. The molecule has 5 nitrogen and oxygen atoms in total. The third-order valence-corrected chi connectivity index (χ3v) is 3.44. The summed E-state index contributed by atoms with van der Waals surface area (Å²) < 4.78 is 9.35. The lowest BCUT2D eigenvalue weighted by Gasteiger charge is -2.13. The van der Waals surface area contributed by atoms with Crippen molar-refractivity contribution in [1.29, 1.82) is 0 Å². The topological polar surface area (TPSA) is 52.2 Å². The molecule has 0 radical (unpaired) electrons. The van der Waals surface area contributed by atoms with Gasteiger partial charge < -0.3 is 14.4 Å². The second-order valence-electron chi connectivity index (χ2n) is 5.24. The van der Waals surface area contributed by atoms with E-state index < -0.39 is 6.10 Å². The lowest BCUT2D eigenvalue weighted by molar-refractivity contribution is 0.0890. The minimum Gasteiger partial charge on any atom is -0.491 e. The number of para-hydroxylation sites is 1. The molecule has 3 aromatic rings. The molecular formula is C17H19N3O2. The summed E-state index contributed by atoms with van der Waals surface area (Å²) in [5.74, 6) is 0.801. The highest BCUT2D eigenvalue weighted by Gasteiger charge is 2.09. The van der Waals surface area contributed by atoms with E-state index in [2.05, 4.69) is 5.10 Å². The molecule has 1 aromatic carbocycles. The van der Waals surface area contributed by atoms with E-state index >= 15 is 0 Å². The lowest BCUT2D eigenvalue weighted by atomic mass is 10.2. The maximum absolute atomic E-state index is 10.1. The van der Waals surface area contributed by atoms with E-state index in [-0.39, 0.29) is 6.61 Å². The molecule has 0 fully saturated rings. The Hall–Kier alpha value is -2.53. The Balaban J connectivity index is 1.56. The number of rotatable bonds is 6. The zero-order chi connectivity index (χ0) is 15.4. The van der Waals surface area contributed by atoms with E-state index in [0.29, 0.717) is 6.54 Å². The Kier molecular flexibility index (Phi) is 4.25. The van der Waals surface area contributed by atoms with Crippen molar-refractivity contribution in [2.45, 2.75) is 19.6 Å². The Labute approximate surface area is 129 Å². The molecule has 2 heterocycles. The highest BCUT2D eigenvalue weighted by molar-refractivity contribution is 5.31. The van der Waals surface area contributed by atoms with Crippen molar-refractivity contribution in [2.75, 3.05) is 6.61 Å². The summed E-state index contributed by atoms with van der Waals surface area (Å²) in [6.45, 7) is 2.62. The van der Waals surface area contributed by atoms with Crippen LogP contribution in [0.1, 0.15) is 5.56 Å². The maximum Gasteiger partial charge on any atom is 0.122 e. The molecule has 1 N–H and O–H groups in total. The molecule has 0 saturated carbocycles. The highest BCUT2D eigenvalue weighted by Crippen LogP contribution is 2.16. The molecule has 1 atom stereocenters. The number of hydrogen-bond donors (Lipinski definition) is 1. The average Bonchev–Trinajstić information content (AvgIpc) is 3.17. The molecule has 0 aliphatic carbocycles. The Morgan fingerprint density at radius 2 is 1.95 bits per heavy atom. The fourth-order valence-electron chi connectivity index (χ4n) is 2.27. The van der Waals surface area contributed by atoms with Gasteiger partial charge in [-0.05, 0) is 30.7 Å². The van der Waals surface area contributed by atoms with E-state index in [4.69, 9.17) is 4.74 Å². The molecular weight excluding hydrogens is 278 g/mol. The molecule has 0 spiro atoms. The molecule has 114 valence electrons. The quantitative estimate of drug-likeness (QED) is 0.760. The SMILES string of the molecule is Cc1ccccc1OCC(O)Cn1cc(-n2cccc2)cn1.